The largest absolute Gasteiger partial charge is 0.370 e. The average Bonchev–Trinajstić information content (AvgIpc) is 3.05. The fourth-order valence-electron chi connectivity index (χ4n) is 2.51. The van der Waals surface area contributed by atoms with Crippen molar-refractivity contribution in [2.75, 3.05) is 7.05 Å². The number of aliphatic imine (C=N–C) groups is 1. The number of hydrogen-bond acceptors (Lipinski definition) is 7. The van der Waals surface area contributed by atoms with Crippen molar-refractivity contribution in [3.05, 3.63) is 33.2 Å². The van der Waals surface area contributed by atoms with E-state index in [0.29, 0.717) is 16.9 Å². The molecule has 0 saturated heterocycles. The summed E-state index contributed by atoms with van der Waals surface area (Å²) < 4.78 is 0. The van der Waals surface area contributed by atoms with Crippen molar-refractivity contribution in [1.29, 1.82) is 0 Å². The minimum Gasteiger partial charge on any atom is -0.370 e. The number of nitrogens with two attached hydrogens (primary N) is 2. The standard InChI is InChI=1S/C12H19N7O2S/c1-15-10(5-19(20)21)16-8-3-2-7(4-8)9-6-22-12(17-9)18-11(13)14/h5-8,15-16H,2-4H2,1H3,(H4,13,14,17,18)/b10-5+. The second-order valence-corrected chi connectivity index (χ2v) is 5.86. The molecule has 2 unspecified atom stereocenters. The molecule has 0 amide bonds. The summed E-state index contributed by atoms with van der Waals surface area (Å²) in [6.07, 6.45) is 3.70. The zero-order valence-electron chi connectivity index (χ0n) is 12.2. The van der Waals surface area contributed by atoms with E-state index < -0.39 is 4.92 Å². The lowest BCUT2D eigenvalue weighted by molar-refractivity contribution is -0.404. The highest BCUT2D eigenvalue weighted by molar-refractivity contribution is 7.13. The molecule has 1 aromatic heterocycles. The molecule has 2 atom stereocenters. The molecule has 2 rings (SSSR count). The van der Waals surface area contributed by atoms with Crippen LogP contribution >= 0.6 is 11.3 Å². The maximum Gasteiger partial charge on any atom is 0.274 e. The Bertz CT molecular complexity index is 594. The van der Waals surface area contributed by atoms with Gasteiger partial charge in [-0.3, -0.25) is 10.1 Å². The summed E-state index contributed by atoms with van der Waals surface area (Å²) in [7, 11) is 1.65. The Morgan fingerprint density at radius 3 is 3.00 bits per heavy atom. The Morgan fingerprint density at radius 1 is 1.59 bits per heavy atom. The van der Waals surface area contributed by atoms with Crippen molar-refractivity contribution in [2.24, 2.45) is 16.5 Å². The van der Waals surface area contributed by atoms with Gasteiger partial charge in [0.1, 0.15) is 0 Å². The number of rotatable bonds is 6. The molecule has 10 heteroatoms. The van der Waals surface area contributed by atoms with Crippen LogP contribution in [-0.4, -0.2) is 29.0 Å². The molecule has 6 N–H and O–H groups in total. The second kappa shape index (κ2) is 7.07. The number of nitro groups is 1. The number of guanidine groups is 1. The highest BCUT2D eigenvalue weighted by Crippen LogP contribution is 2.36. The van der Waals surface area contributed by atoms with Gasteiger partial charge in [-0.25, -0.2) is 4.98 Å². The molecule has 1 aliphatic carbocycles. The van der Waals surface area contributed by atoms with E-state index in [9.17, 15) is 10.1 Å². The first-order chi connectivity index (χ1) is 10.5. The van der Waals surface area contributed by atoms with E-state index in [1.807, 2.05) is 5.38 Å². The molecule has 9 nitrogen and oxygen atoms in total. The lowest BCUT2D eigenvalue weighted by atomic mass is 10.1. The summed E-state index contributed by atoms with van der Waals surface area (Å²) in [5, 5.41) is 19.0. The second-order valence-electron chi connectivity index (χ2n) is 5.02. The maximum absolute atomic E-state index is 10.5. The number of thiazole rings is 1. The lowest BCUT2D eigenvalue weighted by Gasteiger charge is -2.15. The Morgan fingerprint density at radius 2 is 2.36 bits per heavy atom. The van der Waals surface area contributed by atoms with Crippen LogP contribution in [0.3, 0.4) is 0 Å². The monoisotopic (exact) mass is 325 g/mol. The van der Waals surface area contributed by atoms with Gasteiger partial charge in [-0.05, 0) is 19.3 Å². The predicted octanol–water partition coefficient (Wildman–Crippen LogP) is 0.569. The first-order valence-corrected chi connectivity index (χ1v) is 7.70. The molecule has 1 heterocycles. The number of nitrogens with zero attached hydrogens (tertiary/aromatic N) is 3. The van der Waals surface area contributed by atoms with E-state index in [0.717, 1.165) is 31.2 Å². The normalized spacial score (nSPS) is 21.4. The van der Waals surface area contributed by atoms with Crippen LogP contribution < -0.4 is 22.1 Å². The molecule has 0 aromatic carbocycles. The van der Waals surface area contributed by atoms with Gasteiger partial charge in [0.05, 0.1) is 10.6 Å². The Labute approximate surface area is 131 Å². The third-order valence-corrected chi connectivity index (χ3v) is 4.20. The van der Waals surface area contributed by atoms with Crippen LogP contribution in [0.25, 0.3) is 0 Å². The van der Waals surface area contributed by atoms with Gasteiger partial charge in [-0.15, -0.1) is 11.3 Å². The van der Waals surface area contributed by atoms with E-state index >= 15 is 0 Å². The van der Waals surface area contributed by atoms with Crippen molar-refractivity contribution in [1.82, 2.24) is 15.6 Å². The predicted molar refractivity (Wildman–Crippen MR) is 85.2 cm³/mol. The van der Waals surface area contributed by atoms with E-state index in [1.165, 1.54) is 11.3 Å². The molecule has 1 aromatic rings. The van der Waals surface area contributed by atoms with Gasteiger partial charge in [-0.1, -0.05) is 0 Å². The third-order valence-electron chi connectivity index (χ3n) is 3.45. The summed E-state index contributed by atoms with van der Waals surface area (Å²) in [5.41, 5.74) is 11.6. The summed E-state index contributed by atoms with van der Waals surface area (Å²) >= 11 is 1.40. The molecular formula is C12H19N7O2S. The zero-order chi connectivity index (χ0) is 16.1. The van der Waals surface area contributed by atoms with Crippen molar-refractivity contribution in [3.8, 4) is 0 Å². The van der Waals surface area contributed by atoms with Crippen molar-refractivity contribution < 1.29 is 4.92 Å². The highest BCUT2D eigenvalue weighted by Gasteiger charge is 2.28. The van der Waals surface area contributed by atoms with Crippen molar-refractivity contribution in [2.45, 2.75) is 31.2 Å². The number of aromatic nitrogens is 1. The van der Waals surface area contributed by atoms with Crippen LogP contribution in [-0.2, 0) is 0 Å². The van der Waals surface area contributed by atoms with Crippen LogP contribution in [0.4, 0.5) is 5.13 Å². The van der Waals surface area contributed by atoms with Gasteiger partial charge in [-0.2, -0.15) is 4.99 Å². The SMILES string of the molecule is CN/C(=C\[N+](=O)[O-])NC1CCC(c2csc(N=C(N)N)n2)C1. The topological polar surface area (TPSA) is 144 Å². The minimum absolute atomic E-state index is 0.00422. The fourth-order valence-corrected chi connectivity index (χ4v) is 3.29. The van der Waals surface area contributed by atoms with Gasteiger partial charge in [0, 0.05) is 24.4 Å². The molecule has 1 saturated carbocycles. The van der Waals surface area contributed by atoms with Crippen molar-refractivity contribution >= 4 is 22.4 Å². The van der Waals surface area contributed by atoms with Crippen LogP contribution in [0.5, 0.6) is 0 Å². The highest BCUT2D eigenvalue weighted by atomic mass is 32.1. The van der Waals surface area contributed by atoms with Gasteiger partial charge >= 0.3 is 0 Å². The molecule has 0 spiro atoms. The Hall–Kier alpha value is -2.36. The third kappa shape index (κ3) is 4.32. The molecular weight excluding hydrogens is 306 g/mol. The molecule has 22 heavy (non-hydrogen) atoms. The molecule has 1 aliphatic rings. The van der Waals surface area contributed by atoms with E-state index in [-0.39, 0.29) is 12.0 Å². The first kappa shape index (κ1) is 16.0. The van der Waals surface area contributed by atoms with Crippen LogP contribution in [0.1, 0.15) is 30.9 Å². The van der Waals surface area contributed by atoms with Crippen LogP contribution in [0, 0.1) is 10.1 Å². The van der Waals surface area contributed by atoms with E-state index in [2.05, 4.69) is 20.6 Å². The number of hydrogen-bond donors (Lipinski definition) is 4. The van der Waals surface area contributed by atoms with Gasteiger partial charge in [0.25, 0.3) is 6.20 Å². The maximum atomic E-state index is 10.5. The molecule has 120 valence electrons. The molecule has 0 aliphatic heterocycles. The minimum atomic E-state index is -0.479. The van der Waals surface area contributed by atoms with Gasteiger partial charge < -0.3 is 22.1 Å². The van der Waals surface area contributed by atoms with E-state index in [1.54, 1.807) is 7.05 Å². The number of nitrogens with one attached hydrogen (secondary N) is 2. The summed E-state index contributed by atoms with van der Waals surface area (Å²) in [5.74, 6) is 0.718. The van der Waals surface area contributed by atoms with E-state index in [4.69, 9.17) is 11.5 Å². The van der Waals surface area contributed by atoms with Crippen LogP contribution in [0.15, 0.2) is 22.4 Å². The summed E-state index contributed by atoms with van der Waals surface area (Å²) in [4.78, 5) is 18.4. The smallest absolute Gasteiger partial charge is 0.274 e. The average molecular weight is 325 g/mol. The van der Waals surface area contributed by atoms with Crippen molar-refractivity contribution in [3.63, 3.8) is 0 Å². The van der Waals surface area contributed by atoms with Gasteiger partial charge in [0.15, 0.2) is 11.8 Å². The quantitative estimate of drug-likeness (QED) is 0.259. The fraction of sp³-hybridized carbons (Fsp3) is 0.500. The van der Waals surface area contributed by atoms with Crippen LogP contribution in [0.2, 0.25) is 0 Å². The summed E-state index contributed by atoms with van der Waals surface area (Å²) in [6, 6.07) is 0.178. The van der Waals surface area contributed by atoms with Gasteiger partial charge in [0.2, 0.25) is 5.13 Å². The Balaban J connectivity index is 1.96. The molecule has 1 fully saturated rings. The lowest BCUT2D eigenvalue weighted by Crippen LogP contribution is -2.32. The molecule has 0 bridgehead atoms. The Kier molecular flexibility index (Phi) is 5.15. The first-order valence-electron chi connectivity index (χ1n) is 6.82. The molecule has 0 radical (unpaired) electrons. The summed E-state index contributed by atoms with van der Waals surface area (Å²) in [6.45, 7) is 0. The zero-order valence-corrected chi connectivity index (χ0v) is 13.0.